The molecule has 1 aliphatic heterocycles. The van der Waals surface area contributed by atoms with Gasteiger partial charge in [-0.1, -0.05) is 56.3 Å². The summed E-state index contributed by atoms with van der Waals surface area (Å²) in [4.78, 5) is 40.6. The van der Waals surface area contributed by atoms with Crippen LogP contribution in [0.25, 0.3) is 0 Å². The molecule has 3 rings (SSSR count). The molecule has 0 N–H and O–H groups in total. The molecule has 0 spiro atoms. The lowest BCUT2D eigenvalue weighted by molar-refractivity contribution is -0.275. The maximum Gasteiger partial charge on any atom is 0.261 e. The molecule has 2 aromatic rings. The van der Waals surface area contributed by atoms with Crippen LogP contribution in [0.5, 0.6) is 0 Å². The Bertz CT molecular complexity index is 941. The van der Waals surface area contributed by atoms with E-state index in [0.29, 0.717) is 11.1 Å². The number of hydrogen-bond donors (Lipinski definition) is 0. The first-order valence-electron chi connectivity index (χ1n) is 9.97. The summed E-state index contributed by atoms with van der Waals surface area (Å²) in [6, 6.07) is 15.4. The first-order chi connectivity index (χ1) is 14.0. The quantitative estimate of drug-likeness (QED) is 0.714. The van der Waals surface area contributed by atoms with Gasteiger partial charge in [0.2, 0.25) is 0 Å². The van der Waals surface area contributed by atoms with Crippen molar-refractivity contribution in [2.75, 3.05) is 6.54 Å². The minimum absolute atomic E-state index is 0.0699. The van der Waals surface area contributed by atoms with Crippen LogP contribution >= 0.6 is 0 Å². The zero-order chi connectivity index (χ0) is 22.3. The average molecular weight is 407 g/mol. The molecule has 2 aromatic carbocycles. The van der Waals surface area contributed by atoms with Crippen molar-refractivity contribution in [3.05, 3.63) is 71.3 Å². The maximum atomic E-state index is 13.0. The Labute approximate surface area is 177 Å². The fraction of sp³-hybridized carbons (Fsp3) is 0.375. The lowest BCUT2D eigenvalue weighted by Crippen LogP contribution is -2.64. The summed E-state index contributed by atoms with van der Waals surface area (Å²) in [5.74, 6) is -0.812. The third-order valence-electron chi connectivity index (χ3n) is 5.82. The van der Waals surface area contributed by atoms with Gasteiger partial charge in [0.05, 0.1) is 23.7 Å². The number of amides is 3. The Morgan fingerprint density at radius 2 is 1.37 bits per heavy atom. The fourth-order valence-electron chi connectivity index (χ4n) is 4.14. The minimum atomic E-state index is -1.34. The Morgan fingerprint density at radius 3 is 1.80 bits per heavy atom. The Kier molecular flexibility index (Phi) is 5.46. The second kappa shape index (κ2) is 7.59. The van der Waals surface area contributed by atoms with Crippen LogP contribution in [-0.4, -0.2) is 45.8 Å². The predicted octanol–water partition coefficient (Wildman–Crippen LogP) is 3.07. The fourth-order valence-corrected chi connectivity index (χ4v) is 4.14. The summed E-state index contributed by atoms with van der Waals surface area (Å²) < 4.78 is 0. The second-order valence-corrected chi connectivity index (χ2v) is 9.18. The Hall–Kier alpha value is -3.15. The molecule has 0 fully saturated rings. The predicted molar refractivity (Wildman–Crippen MR) is 112 cm³/mol. The number of nitrogens with zero attached hydrogens (tertiary/aromatic N) is 2. The van der Waals surface area contributed by atoms with Crippen molar-refractivity contribution < 1.29 is 19.5 Å². The van der Waals surface area contributed by atoms with E-state index in [4.69, 9.17) is 0 Å². The lowest BCUT2D eigenvalue weighted by atomic mass is 9.75. The van der Waals surface area contributed by atoms with Crippen LogP contribution < -0.4 is 5.11 Å². The first kappa shape index (κ1) is 21.6. The lowest BCUT2D eigenvalue weighted by Gasteiger charge is -2.51. The normalized spacial score (nSPS) is 15.2. The van der Waals surface area contributed by atoms with Crippen LogP contribution in [0.2, 0.25) is 0 Å². The number of carbonyl (C=O) groups excluding carboxylic acids is 3. The number of fused-ring (bicyclic) bond motifs is 1. The zero-order valence-electron chi connectivity index (χ0n) is 18.0. The summed E-state index contributed by atoms with van der Waals surface area (Å²) in [5.41, 5.74) is 0.0872. The molecular formula is C24H27N2O4-. The first-order valence-corrected chi connectivity index (χ1v) is 9.97. The third kappa shape index (κ3) is 3.70. The van der Waals surface area contributed by atoms with Gasteiger partial charge in [0.1, 0.15) is 6.09 Å². The van der Waals surface area contributed by atoms with Crippen LogP contribution in [0.1, 0.15) is 60.9 Å². The third-order valence-corrected chi connectivity index (χ3v) is 5.82. The molecule has 0 saturated carbocycles. The summed E-state index contributed by atoms with van der Waals surface area (Å²) in [5, 5.41) is 12.2. The highest BCUT2D eigenvalue weighted by atomic mass is 16.4. The summed E-state index contributed by atoms with van der Waals surface area (Å²) in [6.45, 7) is 9.11. The summed E-state index contributed by atoms with van der Waals surface area (Å²) >= 11 is 0. The van der Waals surface area contributed by atoms with E-state index < -0.39 is 34.9 Å². The molecular weight excluding hydrogens is 380 g/mol. The van der Waals surface area contributed by atoms with Crippen LogP contribution in [0, 0.1) is 0 Å². The van der Waals surface area contributed by atoms with E-state index in [9.17, 15) is 19.5 Å². The largest absolute Gasteiger partial charge is 0.530 e. The zero-order valence-corrected chi connectivity index (χ0v) is 18.0. The van der Waals surface area contributed by atoms with Gasteiger partial charge in [0.25, 0.3) is 11.8 Å². The minimum Gasteiger partial charge on any atom is -0.530 e. The van der Waals surface area contributed by atoms with Crippen LogP contribution in [0.4, 0.5) is 4.79 Å². The van der Waals surface area contributed by atoms with Gasteiger partial charge >= 0.3 is 0 Å². The topological polar surface area (TPSA) is 80.8 Å². The van der Waals surface area contributed by atoms with Gasteiger partial charge in [-0.25, -0.2) is 0 Å². The standard InChI is InChI=1S/C24H28N2O4/c1-23(2,3)26(22(29)30)19(24(4,5)16-11-7-6-8-12-16)15-25-20(27)17-13-9-10-14-18(17)21(25)28/h6-14,19H,15H2,1-5H3,(H,29,30)/p-1. The van der Waals surface area contributed by atoms with Crippen molar-refractivity contribution >= 4 is 17.9 Å². The number of carboxylic acid groups (broad SMARTS) is 1. The molecule has 158 valence electrons. The van der Waals surface area contributed by atoms with Crippen molar-refractivity contribution in [2.45, 2.75) is 51.6 Å². The molecule has 1 aliphatic rings. The van der Waals surface area contributed by atoms with Gasteiger partial charge in [-0.3, -0.25) is 14.5 Å². The highest BCUT2D eigenvalue weighted by Crippen LogP contribution is 2.35. The van der Waals surface area contributed by atoms with Crippen molar-refractivity contribution in [1.82, 2.24) is 9.80 Å². The van der Waals surface area contributed by atoms with Crippen LogP contribution in [0.3, 0.4) is 0 Å². The smallest absolute Gasteiger partial charge is 0.261 e. The van der Waals surface area contributed by atoms with E-state index in [0.717, 1.165) is 10.5 Å². The molecule has 0 aromatic heterocycles. The number of imide groups is 1. The van der Waals surface area contributed by atoms with Crippen molar-refractivity contribution in [2.24, 2.45) is 0 Å². The summed E-state index contributed by atoms with van der Waals surface area (Å²) in [6.07, 6.45) is -1.34. The number of benzene rings is 2. The maximum absolute atomic E-state index is 13.0. The van der Waals surface area contributed by atoms with Crippen LogP contribution in [-0.2, 0) is 5.41 Å². The van der Waals surface area contributed by atoms with Gasteiger partial charge in [-0.05, 0) is 38.5 Å². The second-order valence-electron chi connectivity index (χ2n) is 9.18. The van der Waals surface area contributed by atoms with E-state index in [2.05, 4.69) is 0 Å². The van der Waals surface area contributed by atoms with E-state index in [1.165, 1.54) is 4.90 Å². The van der Waals surface area contributed by atoms with Gasteiger partial charge < -0.3 is 14.8 Å². The molecule has 3 amide bonds. The number of rotatable bonds is 5. The van der Waals surface area contributed by atoms with E-state index in [1.54, 1.807) is 45.0 Å². The highest BCUT2D eigenvalue weighted by Gasteiger charge is 2.45. The van der Waals surface area contributed by atoms with Gasteiger partial charge in [-0.2, -0.15) is 0 Å². The number of carbonyl (C=O) groups is 3. The van der Waals surface area contributed by atoms with Crippen molar-refractivity contribution in [3.8, 4) is 0 Å². The van der Waals surface area contributed by atoms with Gasteiger partial charge in [-0.15, -0.1) is 0 Å². The van der Waals surface area contributed by atoms with Gasteiger partial charge in [0.15, 0.2) is 0 Å². The molecule has 6 nitrogen and oxygen atoms in total. The molecule has 1 atom stereocenters. The van der Waals surface area contributed by atoms with Crippen molar-refractivity contribution in [1.29, 1.82) is 0 Å². The summed E-state index contributed by atoms with van der Waals surface area (Å²) in [7, 11) is 0. The molecule has 0 saturated heterocycles. The Morgan fingerprint density at radius 1 is 0.900 bits per heavy atom. The molecule has 6 heteroatoms. The molecule has 1 heterocycles. The van der Waals surface area contributed by atoms with E-state index in [-0.39, 0.29) is 6.54 Å². The van der Waals surface area contributed by atoms with E-state index in [1.807, 2.05) is 44.2 Å². The number of hydrogen-bond acceptors (Lipinski definition) is 4. The monoisotopic (exact) mass is 407 g/mol. The average Bonchev–Trinajstić information content (AvgIpc) is 2.92. The molecule has 0 bridgehead atoms. The Balaban J connectivity index is 2.08. The molecule has 0 aliphatic carbocycles. The van der Waals surface area contributed by atoms with E-state index >= 15 is 0 Å². The van der Waals surface area contributed by atoms with Gasteiger partial charge in [0, 0.05) is 11.0 Å². The van der Waals surface area contributed by atoms with Crippen LogP contribution in [0.15, 0.2) is 54.6 Å². The molecule has 1 unspecified atom stereocenters. The SMILES string of the molecule is CC(C)(c1ccccc1)C(CN1C(=O)c2ccccc2C1=O)N(C(=O)[O-])C(C)(C)C. The highest BCUT2D eigenvalue weighted by molar-refractivity contribution is 6.21. The molecule has 0 radical (unpaired) electrons. The molecule has 30 heavy (non-hydrogen) atoms. The van der Waals surface area contributed by atoms with Crippen molar-refractivity contribution in [3.63, 3.8) is 0 Å².